The third-order valence-corrected chi connectivity index (χ3v) is 1.57. The number of para-hydroxylation sites is 1. The minimum Gasteiger partial charge on any atom is -0.388 e. The predicted octanol–water partition coefficient (Wildman–Crippen LogP) is 2.27. The molecule has 0 amide bonds. The second kappa shape index (κ2) is 4.20. The first-order valence-corrected chi connectivity index (χ1v) is 3.71. The van der Waals surface area contributed by atoms with Crippen LogP contribution in [0.5, 0.6) is 0 Å². The van der Waals surface area contributed by atoms with Gasteiger partial charge in [0.25, 0.3) is 0 Å². The van der Waals surface area contributed by atoms with Crippen LogP contribution in [0.1, 0.15) is 5.56 Å². The molecule has 0 atom stereocenters. The maximum atomic E-state index is 8.33. The zero-order chi connectivity index (χ0) is 8.81. The van der Waals surface area contributed by atoms with E-state index in [-0.39, 0.29) is 0 Å². The van der Waals surface area contributed by atoms with Gasteiger partial charge >= 0.3 is 0 Å². The molecular formula is C10H10N2. The predicted molar refractivity (Wildman–Crippen MR) is 50.6 cm³/mol. The summed E-state index contributed by atoms with van der Waals surface area (Å²) in [6.45, 7) is 0. The summed E-state index contributed by atoms with van der Waals surface area (Å²) >= 11 is 0. The molecule has 0 radical (unpaired) electrons. The number of benzene rings is 1. The van der Waals surface area contributed by atoms with E-state index in [0.29, 0.717) is 0 Å². The first-order chi connectivity index (χ1) is 5.88. The fourth-order valence-electron chi connectivity index (χ4n) is 0.997. The van der Waals surface area contributed by atoms with Crippen LogP contribution in [0, 0.1) is 11.3 Å². The van der Waals surface area contributed by atoms with E-state index >= 15 is 0 Å². The van der Waals surface area contributed by atoms with Crippen molar-refractivity contribution in [1.82, 2.24) is 0 Å². The molecule has 0 saturated heterocycles. The average molecular weight is 158 g/mol. The molecule has 12 heavy (non-hydrogen) atoms. The van der Waals surface area contributed by atoms with Crippen molar-refractivity contribution in [2.45, 2.75) is 0 Å². The van der Waals surface area contributed by atoms with Gasteiger partial charge in [-0.1, -0.05) is 18.2 Å². The van der Waals surface area contributed by atoms with Crippen molar-refractivity contribution in [1.29, 1.82) is 5.26 Å². The minimum absolute atomic E-state index is 1.03. The molecule has 0 bridgehead atoms. The topological polar surface area (TPSA) is 35.8 Å². The standard InChI is InChI=1S/C10H10N2/c1-12-10-7-3-2-5-9(10)6-4-8-11/h2-7,12H,1H3/b6-4+. The highest BCUT2D eigenvalue weighted by molar-refractivity contribution is 5.67. The van der Waals surface area contributed by atoms with Crippen LogP contribution >= 0.6 is 0 Å². The highest BCUT2D eigenvalue weighted by Gasteiger charge is 1.92. The summed E-state index contributed by atoms with van der Waals surface area (Å²) in [6, 6.07) is 9.78. The zero-order valence-electron chi connectivity index (χ0n) is 6.91. The molecule has 60 valence electrons. The molecule has 0 aliphatic carbocycles. The Morgan fingerprint density at radius 2 is 2.17 bits per heavy atom. The van der Waals surface area contributed by atoms with Gasteiger partial charge in [-0.2, -0.15) is 5.26 Å². The van der Waals surface area contributed by atoms with Gasteiger partial charge in [0.2, 0.25) is 0 Å². The lowest BCUT2D eigenvalue weighted by atomic mass is 10.1. The van der Waals surface area contributed by atoms with Crippen LogP contribution in [0.3, 0.4) is 0 Å². The van der Waals surface area contributed by atoms with Crippen molar-refractivity contribution in [2.24, 2.45) is 0 Å². The molecule has 0 fully saturated rings. The number of anilines is 1. The van der Waals surface area contributed by atoms with Crippen LogP contribution < -0.4 is 5.32 Å². The number of nitrogens with zero attached hydrogens (tertiary/aromatic N) is 1. The largest absolute Gasteiger partial charge is 0.388 e. The summed E-state index contributed by atoms with van der Waals surface area (Å²) in [5.41, 5.74) is 2.06. The average Bonchev–Trinajstić information content (AvgIpc) is 2.15. The summed E-state index contributed by atoms with van der Waals surface area (Å²) in [5.74, 6) is 0. The van der Waals surface area contributed by atoms with Gasteiger partial charge in [0.15, 0.2) is 0 Å². The summed E-state index contributed by atoms with van der Waals surface area (Å²) in [5, 5.41) is 11.4. The Morgan fingerprint density at radius 3 is 2.83 bits per heavy atom. The van der Waals surface area contributed by atoms with E-state index in [9.17, 15) is 0 Å². The van der Waals surface area contributed by atoms with E-state index in [1.54, 1.807) is 6.08 Å². The van der Waals surface area contributed by atoms with Crippen molar-refractivity contribution in [2.75, 3.05) is 12.4 Å². The maximum Gasteiger partial charge on any atom is 0.0912 e. The highest BCUT2D eigenvalue weighted by atomic mass is 14.8. The van der Waals surface area contributed by atoms with Crippen LogP contribution in [0.15, 0.2) is 30.3 Å². The molecule has 0 aromatic heterocycles. The van der Waals surface area contributed by atoms with Gasteiger partial charge in [0.05, 0.1) is 6.07 Å². The van der Waals surface area contributed by atoms with E-state index in [0.717, 1.165) is 11.3 Å². The van der Waals surface area contributed by atoms with Crippen molar-refractivity contribution < 1.29 is 0 Å². The number of hydrogen-bond acceptors (Lipinski definition) is 2. The SMILES string of the molecule is CNc1ccccc1/C=C/C#N. The molecule has 0 saturated carbocycles. The van der Waals surface area contributed by atoms with Crippen LogP contribution in [-0.4, -0.2) is 7.05 Å². The van der Waals surface area contributed by atoms with E-state index in [1.165, 1.54) is 6.08 Å². The number of allylic oxidation sites excluding steroid dienone is 1. The van der Waals surface area contributed by atoms with E-state index in [1.807, 2.05) is 37.4 Å². The first-order valence-electron chi connectivity index (χ1n) is 3.71. The lowest BCUT2D eigenvalue weighted by Crippen LogP contribution is -1.89. The molecule has 1 aromatic carbocycles. The molecule has 0 unspecified atom stereocenters. The Morgan fingerprint density at radius 1 is 1.42 bits per heavy atom. The van der Waals surface area contributed by atoms with Crippen LogP contribution in [-0.2, 0) is 0 Å². The number of hydrogen-bond donors (Lipinski definition) is 1. The number of nitrogens with one attached hydrogen (secondary N) is 1. The Kier molecular flexibility index (Phi) is 2.92. The molecule has 0 spiro atoms. The van der Waals surface area contributed by atoms with E-state index < -0.39 is 0 Å². The smallest absolute Gasteiger partial charge is 0.0912 e. The van der Waals surface area contributed by atoms with Crippen LogP contribution in [0.2, 0.25) is 0 Å². The van der Waals surface area contributed by atoms with E-state index in [2.05, 4.69) is 5.32 Å². The summed E-state index contributed by atoms with van der Waals surface area (Å²) in [7, 11) is 1.86. The molecule has 2 heteroatoms. The monoisotopic (exact) mass is 158 g/mol. The quantitative estimate of drug-likeness (QED) is 0.670. The Bertz CT molecular complexity index is 321. The van der Waals surface area contributed by atoms with Gasteiger partial charge in [-0.3, -0.25) is 0 Å². The fourth-order valence-corrected chi connectivity index (χ4v) is 0.997. The minimum atomic E-state index is 1.03. The van der Waals surface area contributed by atoms with Gasteiger partial charge in [-0.05, 0) is 17.7 Å². The summed E-state index contributed by atoms with van der Waals surface area (Å²) < 4.78 is 0. The maximum absolute atomic E-state index is 8.33. The number of rotatable bonds is 2. The summed E-state index contributed by atoms with van der Waals surface area (Å²) in [4.78, 5) is 0. The molecule has 2 nitrogen and oxygen atoms in total. The van der Waals surface area contributed by atoms with Crippen LogP contribution in [0.4, 0.5) is 5.69 Å². The molecule has 1 rings (SSSR count). The van der Waals surface area contributed by atoms with Gasteiger partial charge in [0.1, 0.15) is 0 Å². The van der Waals surface area contributed by atoms with Gasteiger partial charge in [-0.15, -0.1) is 0 Å². The zero-order valence-corrected chi connectivity index (χ0v) is 6.91. The fraction of sp³-hybridized carbons (Fsp3) is 0.100. The van der Waals surface area contributed by atoms with Crippen molar-refractivity contribution in [3.05, 3.63) is 35.9 Å². The second-order valence-electron chi connectivity index (χ2n) is 2.30. The second-order valence-corrected chi connectivity index (χ2v) is 2.30. The molecule has 1 aromatic rings. The Labute approximate surface area is 72.1 Å². The lowest BCUT2D eigenvalue weighted by Gasteiger charge is -2.02. The van der Waals surface area contributed by atoms with Gasteiger partial charge in [0, 0.05) is 18.8 Å². The molecule has 0 aliphatic heterocycles. The Balaban J connectivity index is 2.99. The number of nitriles is 1. The first kappa shape index (κ1) is 8.35. The van der Waals surface area contributed by atoms with Gasteiger partial charge in [-0.25, -0.2) is 0 Å². The molecule has 0 heterocycles. The van der Waals surface area contributed by atoms with Crippen molar-refractivity contribution in [3.8, 4) is 6.07 Å². The molecule has 0 aliphatic rings. The third kappa shape index (κ3) is 1.86. The van der Waals surface area contributed by atoms with Crippen molar-refractivity contribution >= 4 is 11.8 Å². The normalized spacial score (nSPS) is 9.67. The van der Waals surface area contributed by atoms with Gasteiger partial charge < -0.3 is 5.32 Å². The van der Waals surface area contributed by atoms with E-state index in [4.69, 9.17) is 5.26 Å². The Hall–Kier alpha value is -1.75. The molecule has 1 N–H and O–H groups in total. The van der Waals surface area contributed by atoms with Crippen LogP contribution in [0.25, 0.3) is 6.08 Å². The highest BCUT2D eigenvalue weighted by Crippen LogP contribution is 2.15. The van der Waals surface area contributed by atoms with Crippen molar-refractivity contribution in [3.63, 3.8) is 0 Å². The third-order valence-electron chi connectivity index (χ3n) is 1.57. The summed E-state index contributed by atoms with van der Waals surface area (Å²) in [6.07, 6.45) is 3.25. The lowest BCUT2D eigenvalue weighted by molar-refractivity contribution is 1.49. The molecular weight excluding hydrogens is 148 g/mol.